The van der Waals surface area contributed by atoms with Gasteiger partial charge in [-0.3, -0.25) is 4.79 Å². The maximum Gasteiger partial charge on any atom is 0.306 e. The van der Waals surface area contributed by atoms with Crippen LogP contribution in [0.2, 0.25) is 0 Å². The first kappa shape index (κ1) is 42.9. The molecule has 0 aromatic rings. The van der Waals surface area contributed by atoms with E-state index in [-0.39, 0.29) is 19.6 Å². The lowest BCUT2D eigenvalue weighted by Crippen LogP contribution is -2.61. The summed E-state index contributed by atoms with van der Waals surface area (Å²) < 4.78 is 33.4. The molecule has 0 amide bonds. The number of carbonyl (C=O) groups is 1. The standard InChI is InChI=1S/C34H62O14/c1-3-5-6-7-8-9-10-11-12-13-14-15-16-18-43-20-23(46-26(36)17-4-2)21-44-33-32(42)30(40)28(38)25(48-33)22-45-34-31(41)29(39)27(37)24(19-35)47-34/h8-9,23-25,27-35,37-42H,3-7,10-22H2,1-2H3/b9-8-. The molecule has 48 heavy (non-hydrogen) atoms. The van der Waals surface area contributed by atoms with Crippen molar-refractivity contribution in [3.05, 3.63) is 12.2 Å². The zero-order valence-corrected chi connectivity index (χ0v) is 28.7. The molecule has 0 aromatic carbocycles. The number of aliphatic hydroxyl groups is 7. The Bertz CT molecular complexity index is 860. The number of hydrogen-bond donors (Lipinski definition) is 7. The summed E-state index contributed by atoms with van der Waals surface area (Å²) in [5.41, 5.74) is 0. The molecule has 2 fully saturated rings. The maximum atomic E-state index is 12.2. The smallest absolute Gasteiger partial charge is 0.306 e. The summed E-state index contributed by atoms with van der Waals surface area (Å²) in [6.45, 7) is 3.23. The average molecular weight is 695 g/mol. The third-order valence-corrected chi connectivity index (χ3v) is 8.49. The first-order chi connectivity index (χ1) is 23.1. The predicted octanol–water partition coefficient (Wildman–Crippen LogP) is 1.22. The van der Waals surface area contributed by atoms with Crippen molar-refractivity contribution >= 4 is 5.97 Å². The van der Waals surface area contributed by atoms with Crippen LogP contribution in [0, 0.1) is 0 Å². The van der Waals surface area contributed by atoms with Gasteiger partial charge in [0.15, 0.2) is 12.6 Å². The predicted molar refractivity (Wildman–Crippen MR) is 174 cm³/mol. The Hall–Kier alpha value is -1.27. The van der Waals surface area contributed by atoms with Crippen molar-refractivity contribution in [3.63, 3.8) is 0 Å². The highest BCUT2D eigenvalue weighted by Gasteiger charge is 2.47. The Morgan fingerprint density at radius 1 is 0.667 bits per heavy atom. The molecule has 2 heterocycles. The van der Waals surface area contributed by atoms with Crippen molar-refractivity contribution in [1.82, 2.24) is 0 Å². The topological polar surface area (TPSA) is 214 Å². The van der Waals surface area contributed by atoms with Crippen LogP contribution in [-0.2, 0) is 33.2 Å². The Balaban J connectivity index is 1.76. The van der Waals surface area contributed by atoms with Crippen molar-refractivity contribution in [3.8, 4) is 0 Å². The lowest BCUT2D eigenvalue weighted by molar-refractivity contribution is -0.332. The normalized spacial score (nSPS) is 31.7. The van der Waals surface area contributed by atoms with Crippen LogP contribution in [0.4, 0.5) is 0 Å². The minimum absolute atomic E-state index is 0.0533. The highest BCUT2D eigenvalue weighted by Crippen LogP contribution is 2.26. The molecule has 282 valence electrons. The van der Waals surface area contributed by atoms with Crippen LogP contribution < -0.4 is 0 Å². The number of rotatable bonds is 25. The number of aliphatic hydroxyl groups excluding tert-OH is 7. The molecule has 11 atom stereocenters. The monoisotopic (exact) mass is 694 g/mol. The van der Waals surface area contributed by atoms with E-state index in [4.69, 9.17) is 28.4 Å². The van der Waals surface area contributed by atoms with E-state index in [1.807, 2.05) is 6.92 Å². The Labute approximate surface area is 284 Å². The van der Waals surface area contributed by atoms with Crippen molar-refractivity contribution in [2.24, 2.45) is 0 Å². The Morgan fingerprint density at radius 3 is 1.85 bits per heavy atom. The fraction of sp³-hybridized carbons (Fsp3) is 0.912. The number of hydrogen-bond acceptors (Lipinski definition) is 14. The second-order valence-electron chi connectivity index (χ2n) is 12.7. The van der Waals surface area contributed by atoms with Crippen molar-refractivity contribution < 1.29 is 69.0 Å². The summed E-state index contributed by atoms with van der Waals surface area (Å²) in [4.78, 5) is 12.2. The van der Waals surface area contributed by atoms with E-state index in [0.29, 0.717) is 13.0 Å². The van der Waals surface area contributed by atoms with Gasteiger partial charge in [-0.2, -0.15) is 0 Å². The molecule has 2 aliphatic heterocycles. The van der Waals surface area contributed by atoms with Gasteiger partial charge in [0, 0.05) is 13.0 Å². The van der Waals surface area contributed by atoms with E-state index in [9.17, 15) is 40.5 Å². The van der Waals surface area contributed by atoms with E-state index in [2.05, 4.69) is 19.1 Å². The maximum absolute atomic E-state index is 12.2. The van der Waals surface area contributed by atoms with E-state index in [1.165, 1.54) is 44.9 Å². The first-order valence-corrected chi connectivity index (χ1v) is 17.8. The number of allylic oxidation sites excluding steroid dienone is 2. The highest BCUT2D eigenvalue weighted by atomic mass is 16.7. The van der Waals surface area contributed by atoms with Crippen molar-refractivity contribution in [2.45, 2.75) is 165 Å². The molecule has 0 spiro atoms. The van der Waals surface area contributed by atoms with Crippen LogP contribution in [0.5, 0.6) is 0 Å². The van der Waals surface area contributed by atoms with Crippen LogP contribution in [0.3, 0.4) is 0 Å². The molecule has 11 unspecified atom stereocenters. The van der Waals surface area contributed by atoms with Gasteiger partial charge < -0.3 is 64.2 Å². The van der Waals surface area contributed by atoms with Gasteiger partial charge >= 0.3 is 5.97 Å². The molecule has 14 heteroatoms. The summed E-state index contributed by atoms with van der Waals surface area (Å²) in [7, 11) is 0. The lowest BCUT2D eigenvalue weighted by Gasteiger charge is -2.42. The zero-order valence-electron chi connectivity index (χ0n) is 28.7. The number of ether oxygens (including phenoxy) is 6. The largest absolute Gasteiger partial charge is 0.457 e. The van der Waals surface area contributed by atoms with Gasteiger partial charge in [0.25, 0.3) is 0 Å². The third-order valence-electron chi connectivity index (χ3n) is 8.49. The molecule has 2 aliphatic rings. The van der Waals surface area contributed by atoms with Crippen LogP contribution in [0.15, 0.2) is 12.2 Å². The molecule has 2 saturated heterocycles. The quantitative estimate of drug-likeness (QED) is 0.0407. The average Bonchev–Trinajstić information content (AvgIpc) is 3.07. The van der Waals surface area contributed by atoms with E-state index in [1.54, 1.807) is 0 Å². The van der Waals surface area contributed by atoms with Gasteiger partial charge in [0.05, 0.1) is 26.4 Å². The van der Waals surface area contributed by atoms with E-state index in [0.717, 1.165) is 25.7 Å². The molecular weight excluding hydrogens is 632 g/mol. The number of carbonyl (C=O) groups excluding carboxylic acids is 1. The molecule has 7 N–H and O–H groups in total. The van der Waals surface area contributed by atoms with Crippen molar-refractivity contribution in [2.75, 3.05) is 33.0 Å². The lowest BCUT2D eigenvalue weighted by atomic mass is 9.98. The SMILES string of the molecule is CCCCC/C=C\CCCCCCCCOCC(COC1OC(COC2OC(CO)C(O)C(O)C2O)C(O)C(O)C1O)OC(=O)CCC. The molecular formula is C34H62O14. The molecule has 0 bridgehead atoms. The molecule has 0 aliphatic carbocycles. The second-order valence-corrected chi connectivity index (χ2v) is 12.7. The Morgan fingerprint density at radius 2 is 1.23 bits per heavy atom. The number of unbranched alkanes of at least 4 members (excludes halogenated alkanes) is 9. The summed E-state index contributed by atoms with van der Waals surface area (Å²) >= 11 is 0. The van der Waals surface area contributed by atoms with Gasteiger partial charge in [0.2, 0.25) is 0 Å². The van der Waals surface area contributed by atoms with Gasteiger partial charge in [-0.25, -0.2) is 0 Å². The van der Waals surface area contributed by atoms with Gasteiger partial charge in [-0.15, -0.1) is 0 Å². The fourth-order valence-corrected chi connectivity index (χ4v) is 5.49. The van der Waals surface area contributed by atoms with Crippen LogP contribution >= 0.6 is 0 Å². The summed E-state index contributed by atoms with van der Waals surface area (Å²) in [5, 5.41) is 71.0. The van der Waals surface area contributed by atoms with Gasteiger partial charge in [-0.05, 0) is 38.5 Å². The molecule has 0 aromatic heterocycles. The van der Waals surface area contributed by atoms with Gasteiger partial charge in [-0.1, -0.05) is 64.5 Å². The van der Waals surface area contributed by atoms with E-state index < -0.39 is 86.7 Å². The first-order valence-electron chi connectivity index (χ1n) is 17.8. The van der Waals surface area contributed by atoms with Crippen LogP contribution in [-0.4, -0.2) is 142 Å². The van der Waals surface area contributed by atoms with Gasteiger partial charge in [0.1, 0.15) is 54.9 Å². The fourth-order valence-electron chi connectivity index (χ4n) is 5.49. The Kier molecular flexibility index (Phi) is 22.2. The minimum Gasteiger partial charge on any atom is -0.457 e. The second kappa shape index (κ2) is 24.8. The van der Waals surface area contributed by atoms with Crippen molar-refractivity contribution in [1.29, 1.82) is 0 Å². The molecule has 14 nitrogen and oxygen atoms in total. The third kappa shape index (κ3) is 15.3. The summed E-state index contributed by atoms with van der Waals surface area (Å²) in [6, 6.07) is 0. The van der Waals surface area contributed by atoms with Crippen LogP contribution in [0.25, 0.3) is 0 Å². The summed E-state index contributed by atoms with van der Waals surface area (Å²) in [6.07, 6.45) is 1.96. The minimum atomic E-state index is -1.70. The highest BCUT2D eigenvalue weighted by molar-refractivity contribution is 5.69. The summed E-state index contributed by atoms with van der Waals surface area (Å²) in [5.74, 6) is -0.433. The van der Waals surface area contributed by atoms with Crippen LogP contribution in [0.1, 0.15) is 97.3 Å². The molecule has 0 saturated carbocycles. The molecule has 2 rings (SSSR count). The number of esters is 1. The zero-order chi connectivity index (χ0) is 35.3. The molecule has 0 radical (unpaired) electrons. The van der Waals surface area contributed by atoms with E-state index >= 15 is 0 Å².